The van der Waals surface area contributed by atoms with Crippen LogP contribution in [0, 0.1) is 0 Å². The molecule has 0 saturated heterocycles. The molecular weight excluding hydrogens is 402 g/mol. The predicted molar refractivity (Wildman–Crippen MR) is 101 cm³/mol. The highest BCUT2D eigenvalue weighted by molar-refractivity contribution is 7.89. The van der Waals surface area contributed by atoms with E-state index >= 15 is 0 Å². The van der Waals surface area contributed by atoms with Crippen LogP contribution in [0.3, 0.4) is 0 Å². The summed E-state index contributed by atoms with van der Waals surface area (Å²) in [7, 11) is -3.80. The molecule has 0 fully saturated rings. The largest absolute Gasteiger partial charge is 0.468 e. The van der Waals surface area contributed by atoms with Gasteiger partial charge in [-0.1, -0.05) is 0 Å². The minimum atomic E-state index is -3.80. The first-order chi connectivity index (χ1) is 13.7. The maximum atomic E-state index is 12.3. The summed E-state index contributed by atoms with van der Waals surface area (Å²) in [5.74, 6) is -1.17. The second-order valence-corrected chi connectivity index (χ2v) is 7.59. The lowest BCUT2D eigenvalue weighted by atomic mass is 10.2. The number of benzene rings is 1. The predicted octanol–water partition coefficient (Wildman–Crippen LogP) is 1.15. The third-order valence-corrected chi connectivity index (χ3v) is 5.06. The fourth-order valence-electron chi connectivity index (χ4n) is 2.13. The lowest BCUT2D eigenvalue weighted by Crippen LogP contribution is -2.44. The van der Waals surface area contributed by atoms with Gasteiger partial charge in [0.05, 0.1) is 23.3 Å². The smallest absolute Gasteiger partial charge is 0.338 e. The van der Waals surface area contributed by atoms with Crippen molar-refractivity contribution < 1.29 is 32.0 Å². The van der Waals surface area contributed by atoms with Crippen LogP contribution in [-0.2, 0) is 26.1 Å². The molecular formula is C18H21N3O7S. The molecule has 29 heavy (non-hydrogen) atoms. The van der Waals surface area contributed by atoms with Gasteiger partial charge in [0.25, 0.3) is 5.91 Å². The van der Waals surface area contributed by atoms with Crippen molar-refractivity contribution in [2.75, 3.05) is 6.54 Å². The van der Waals surface area contributed by atoms with E-state index in [4.69, 9.17) is 9.15 Å². The van der Waals surface area contributed by atoms with Crippen LogP contribution in [0.1, 0.15) is 30.0 Å². The van der Waals surface area contributed by atoms with Gasteiger partial charge in [-0.25, -0.2) is 22.7 Å². The summed E-state index contributed by atoms with van der Waals surface area (Å²) < 4.78 is 37.0. The van der Waals surface area contributed by atoms with Crippen LogP contribution >= 0.6 is 0 Å². The highest BCUT2D eigenvalue weighted by Crippen LogP contribution is 2.13. The van der Waals surface area contributed by atoms with Crippen molar-refractivity contribution in [2.45, 2.75) is 31.4 Å². The third-order valence-electron chi connectivity index (χ3n) is 3.64. The van der Waals surface area contributed by atoms with Crippen LogP contribution in [0.5, 0.6) is 0 Å². The number of hydrogen-bond acceptors (Lipinski definition) is 7. The summed E-state index contributed by atoms with van der Waals surface area (Å²) in [5, 5.41) is 4.41. The average Bonchev–Trinajstić information content (AvgIpc) is 3.20. The van der Waals surface area contributed by atoms with Gasteiger partial charge in [-0.3, -0.25) is 10.1 Å². The van der Waals surface area contributed by atoms with Gasteiger partial charge in [0.15, 0.2) is 6.10 Å². The quantitative estimate of drug-likeness (QED) is 0.540. The molecule has 1 aromatic heterocycles. The van der Waals surface area contributed by atoms with E-state index in [-0.39, 0.29) is 17.0 Å². The lowest BCUT2D eigenvalue weighted by Gasteiger charge is -2.13. The molecule has 156 valence electrons. The number of esters is 1. The van der Waals surface area contributed by atoms with Crippen molar-refractivity contribution in [1.82, 2.24) is 15.4 Å². The van der Waals surface area contributed by atoms with Gasteiger partial charge in [0.1, 0.15) is 5.76 Å². The minimum Gasteiger partial charge on any atom is -0.468 e. The Balaban J connectivity index is 1.95. The molecule has 0 aliphatic carbocycles. The lowest BCUT2D eigenvalue weighted by molar-refractivity contribution is -0.127. The Morgan fingerprint density at radius 3 is 2.41 bits per heavy atom. The second kappa shape index (κ2) is 9.85. The number of furan rings is 1. The van der Waals surface area contributed by atoms with Crippen LogP contribution in [-0.4, -0.2) is 39.0 Å². The van der Waals surface area contributed by atoms with Crippen LogP contribution < -0.4 is 15.4 Å². The Morgan fingerprint density at radius 1 is 1.14 bits per heavy atom. The molecule has 2 rings (SSSR count). The highest BCUT2D eigenvalue weighted by Gasteiger charge is 2.21. The molecule has 1 heterocycles. The van der Waals surface area contributed by atoms with Crippen molar-refractivity contribution in [3.63, 3.8) is 0 Å². The number of rotatable bonds is 8. The van der Waals surface area contributed by atoms with Gasteiger partial charge in [0, 0.05) is 6.54 Å². The van der Waals surface area contributed by atoms with Crippen LogP contribution in [0.15, 0.2) is 52.0 Å². The number of carbonyl (C=O) groups is 3. The second-order valence-electron chi connectivity index (χ2n) is 5.82. The number of amides is 3. The van der Waals surface area contributed by atoms with Crippen LogP contribution in [0.4, 0.5) is 4.79 Å². The average molecular weight is 423 g/mol. The maximum absolute atomic E-state index is 12.3. The first kappa shape index (κ1) is 22.1. The Labute approximate surface area is 167 Å². The number of nitrogens with one attached hydrogen (secondary N) is 3. The van der Waals surface area contributed by atoms with E-state index in [0.717, 1.165) is 0 Å². The standard InChI is InChI=1S/C18H21N3O7S/c1-3-19-18(24)21-16(22)12(2)28-17(23)13-6-8-15(9-7-13)29(25,26)20-11-14-5-4-10-27-14/h4-10,12,20H,3,11H2,1-2H3,(H2,19,21,22,24). The fraction of sp³-hybridized carbons (Fsp3) is 0.278. The molecule has 0 aliphatic rings. The highest BCUT2D eigenvalue weighted by atomic mass is 32.2. The zero-order valence-electron chi connectivity index (χ0n) is 15.8. The molecule has 1 aromatic carbocycles. The minimum absolute atomic E-state index is 0.0165. The summed E-state index contributed by atoms with van der Waals surface area (Å²) in [5.41, 5.74) is 0.0487. The molecule has 2 aromatic rings. The van der Waals surface area contributed by atoms with Crippen LogP contribution in [0.25, 0.3) is 0 Å². The van der Waals surface area contributed by atoms with Crippen molar-refractivity contribution in [1.29, 1.82) is 0 Å². The Morgan fingerprint density at radius 2 is 1.83 bits per heavy atom. The molecule has 0 spiro atoms. The van der Waals surface area contributed by atoms with Crippen molar-refractivity contribution in [3.05, 3.63) is 54.0 Å². The Kier molecular flexibility index (Phi) is 7.51. The molecule has 0 aliphatic heterocycles. The molecule has 11 heteroatoms. The molecule has 0 radical (unpaired) electrons. The maximum Gasteiger partial charge on any atom is 0.338 e. The van der Waals surface area contributed by atoms with Crippen LogP contribution in [0.2, 0.25) is 0 Å². The Hall–Kier alpha value is -3.18. The normalized spacial score (nSPS) is 12.1. The number of sulfonamides is 1. The number of ether oxygens (including phenoxy) is 1. The van der Waals surface area contributed by atoms with E-state index in [1.807, 2.05) is 5.32 Å². The van der Waals surface area contributed by atoms with Crippen molar-refractivity contribution in [3.8, 4) is 0 Å². The van der Waals surface area contributed by atoms with Gasteiger partial charge in [-0.15, -0.1) is 0 Å². The Bertz CT molecular complexity index is 954. The molecule has 1 atom stereocenters. The first-order valence-corrected chi connectivity index (χ1v) is 10.1. The van der Waals surface area contributed by atoms with Crippen molar-refractivity contribution >= 4 is 27.9 Å². The van der Waals surface area contributed by atoms with Gasteiger partial charge in [-0.05, 0) is 50.2 Å². The van der Waals surface area contributed by atoms with Gasteiger partial charge >= 0.3 is 12.0 Å². The fourth-order valence-corrected chi connectivity index (χ4v) is 3.13. The SMILES string of the molecule is CCNC(=O)NC(=O)C(C)OC(=O)c1ccc(S(=O)(=O)NCc2ccco2)cc1. The summed E-state index contributed by atoms with van der Waals surface area (Å²) in [4.78, 5) is 35.2. The van der Waals surface area contributed by atoms with Gasteiger partial charge < -0.3 is 14.5 Å². The van der Waals surface area contributed by atoms with E-state index in [9.17, 15) is 22.8 Å². The van der Waals surface area contributed by atoms with E-state index in [0.29, 0.717) is 12.3 Å². The summed E-state index contributed by atoms with van der Waals surface area (Å²) in [6.07, 6.45) is 0.213. The molecule has 3 N–H and O–H groups in total. The van der Waals surface area contributed by atoms with Gasteiger partial charge in [-0.2, -0.15) is 0 Å². The zero-order valence-corrected chi connectivity index (χ0v) is 16.6. The summed E-state index contributed by atoms with van der Waals surface area (Å²) >= 11 is 0. The van der Waals surface area contributed by atoms with E-state index < -0.39 is 34.0 Å². The van der Waals surface area contributed by atoms with E-state index in [1.165, 1.54) is 37.5 Å². The van der Waals surface area contributed by atoms with E-state index in [1.54, 1.807) is 19.1 Å². The summed E-state index contributed by atoms with van der Waals surface area (Å²) in [6.45, 7) is 3.31. The zero-order chi connectivity index (χ0) is 21.4. The summed E-state index contributed by atoms with van der Waals surface area (Å²) in [6, 6.07) is 7.57. The van der Waals surface area contributed by atoms with E-state index in [2.05, 4.69) is 10.0 Å². The third kappa shape index (κ3) is 6.43. The van der Waals surface area contributed by atoms with Gasteiger partial charge in [0.2, 0.25) is 10.0 Å². The molecule has 0 bridgehead atoms. The molecule has 3 amide bonds. The van der Waals surface area contributed by atoms with Crippen molar-refractivity contribution in [2.24, 2.45) is 0 Å². The first-order valence-electron chi connectivity index (χ1n) is 8.64. The topological polar surface area (TPSA) is 144 Å². The number of carbonyl (C=O) groups excluding carboxylic acids is 3. The number of urea groups is 1. The molecule has 0 saturated carbocycles. The number of imide groups is 1. The number of hydrogen-bond donors (Lipinski definition) is 3. The molecule has 10 nitrogen and oxygen atoms in total. The monoisotopic (exact) mass is 423 g/mol. The molecule has 1 unspecified atom stereocenters.